The number of rotatable bonds is 6. The van der Waals surface area contributed by atoms with Crippen molar-refractivity contribution in [2.45, 2.75) is 46.1 Å². The van der Waals surface area contributed by atoms with Crippen LogP contribution in [0, 0.1) is 0 Å². The van der Waals surface area contributed by atoms with E-state index < -0.39 is 10.0 Å². The number of unbranched alkanes of at least 4 members (excludes halogenated alkanes) is 1. The molecule has 0 unspecified atom stereocenters. The zero-order valence-corrected chi connectivity index (χ0v) is 13.9. The Hall–Kier alpha value is -1.56. The number of para-hydroxylation sites is 1. The first kappa shape index (κ1) is 17.5. The van der Waals surface area contributed by atoms with Gasteiger partial charge in [0.25, 0.3) is 5.91 Å². The van der Waals surface area contributed by atoms with Crippen LogP contribution in [0.15, 0.2) is 24.3 Å². The number of nitrogens with one attached hydrogen (secondary N) is 2. The Balaban J connectivity index is 2.97. The molecule has 0 saturated heterocycles. The van der Waals surface area contributed by atoms with E-state index in [4.69, 9.17) is 0 Å². The number of sulfonamides is 1. The summed E-state index contributed by atoms with van der Waals surface area (Å²) < 4.78 is 26.5. The maximum absolute atomic E-state index is 12.2. The van der Waals surface area contributed by atoms with E-state index in [1.807, 2.05) is 27.7 Å². The third-order valence-corrected chi connectivity index (χ3v) is 4.05. The first-order chi connectivity index (χ1) is 9.64. The van der Waals surface area contributed by atoms with Gasteiger partial charge in [0.2, 0.25) is 10.0 Å². The molecule has 0 radical (unpaired) electrons. The smallest absolute Gasteiger partial charge is 0.253 e. The summed E-state index contributed by atoms with van der Waals surface area (Å²) in [5, 5.41) is 2.83. The molecule has 0 aromatic heterocycles. The molecule has 0 spiro atoms. The summed E-state index contributed by atoms with van der Waals surface area (Å²) in [6.07, 6.45) is 1.39. The summed E-state index contributed by atoms with van der Waals surface area (Å²) in [4.78, 5) is 12.2. The highest BCUT2D eigenvalue weighted by molar-refractivity contribution is 7.92. The minimum atomic E-state index is -3.43. The van der Waals surface area contributed by atoms with Gasteiger partial charge in [-0.05, 0) is 39.3 Å². The van der Waals surface area contributed by atoms with Crippen LogP contribution >= 0.6 is 0 Å². The summed E-state index contributed by atoms with van der Waals surface area (Å²) in [7, 11) is -3.43. The molecule has 0 heterocycles. The third-order valence-electron chi connectivity index (χ3n) is 2.69. The van der Waals surface area contributed by atoms with Crippen LogP contribution in [0.25, 0.3) is 0 Å². The zero-order valence-electron chi connectivity index (χ0n) is 13.1. The minimum Gasteiger partial charge on any atom is -0.347 e. The molecule has 0 aliphatic rings. The maximum atomic E-state index is 12.2. The highest BCUT2D eigenvalue weighted by Gasteiger charge is 2.19. The van der Waals surface area contributed by atoms with Crippen LogP contribution < -0.4 is 10.0 Å². The zero-order chi connectivity index (χ0) is 16.1. The molecule has 6 heteroatoms. The van der Waals surface area contributed by atoms with Gasteiger partial charge in [-0.2, -0.15) is 0 Å². The van der Waals surface area contributed by atoms with Crippen molar-refractivity contribution < 1.29 is 13.2 Å². The summed E-state index contributed by atoms with van der Waals surface area (Å²) >= 11 is 0. The lowest BCUT2D eigenvalue weighted by molar-refractivity contribution is 0.0920. The summed E-state index contributed by atoms with van der Waals surface area (Å²) in [6, 6.07) is 6.62. The monoisotopic (exact) mass is 312 g/mol. The van der Waals surface area contributed by atoms with Crippen molar-refractivity contribution in [3.8, 4) is 0 Å². The Labute approximate surface area is 127 Å². The standard InChI is InChI=1S/C15H24N2O3S/c1-5-6-11-21(19,20)17-13-10-8-7-9-12(13)14(18)16-15(2,3)4/h7-10,17H,5-6,11H2,1-4H3,(H,16,18). The van der Waals surface area contributed by atoms with Crippen molar-refractivity contribution in [3.63, 3.8) is 0 Å². The first-order valence-corrected chi connectivity index (χ1v) is 8.72. The number of benzene rings is 1. The van der Waals surface area contributed by atoms with Gasteiger partial charge in [0.05, 0.1) is 17.0 Å². The van der Waals surface area contributed by atoms with E-state index in [0.717, 1.165) is 6.42 Å². The topological polar surface area (TPSA) is 75.3 Å². The van der Waals surface area contributed by atoms with E-state index in [1.165, 1.54) is 0 Å². The Morgan fingerprint density at radius 3 is 2.38 bits per heavy atom. The van der Waals surface area contributed by atoms with Crippen LogP contribution in [0.1, 0.15) is 50.9 Å². The number of carbonyl (C=O) groups is 1. The molecule has 0 bridgehead atoms. The number of amides is 1. The minimum absolute atomic E-state index is 0.0543. The van der Waals surface area contributed by atoms with Crippen molar-refractivity contribution in [1.82, 2.24) is 5.32 Å². The van der Waals surface area contributed by atoms with Crippen LogP contribution in [-0.4, -0.2) is 25.6 Å². The second kappa shape index (κ2) is 6.93. The predicted octanol–water partition coefficient (Wildman–Crippen LogP) is 2.76. The van der Waals surface area contributed by atoms with E-state index in [2.05, 4.69) is 10.0 Å². The highest BCUT2D eigenvalue weighted by atomic mass is 32.2. The van der Waals surface area contributed by atoms with Crippen LogP contribution in [0.4, 0.5) is 5.69 Å². The fourth-order valence-electron chi connectivity index (χ4n) is 1.73. The van der Waals surface area contributed by atoms with E-state index in [0.29, 0.717) is 17.7 Å². The van der Waals surface area contributed by atoms with Crippen molar-refractivity contribution in [2.75, 3.05) is 10.5 Å². The molecule has 1 rings (SSSR count). The first-order valence-electron chi connectivity index (χ1n) is 7.06. The second-order valence-corrected chi connectivity index (χ2v) is 7.87. The molecule has 0 aliphatic heterocycles. The quantitative estimate of drug-likeness (QED) is 0.848. The summed E-state index contributed by atoms with van der Waals surface area (Å²) in [5.74, 6) is -0.241. The van der Waals surface area contributed by atoms with E-state index in [9.17, 15) is 13.2 Å². The molecule has 1 aromatic carbocycles. The SMILES string of the molecule is CCCCS(=O)(=O)Nc1ccccc1C(=O)NC(C)(C)C. The molecule has 0 atom stereocenters. The molecule has 0 fully saturated rings. The molecule has 118 valence electrons. The third kappa shape index (κ3) is 6.16. The molecule has 2 N–H and O–H groups in total. The molecule has 21 heavy (non-hydrogen) atoms. The molecular formula is C15H24N2O3S. The highest BCUT2D eigenvalue weighted by Crippen LogP contribution is 2.18. The van der Waals surface area contributed by atoms with Crippen LogP contribution in [0.2, 0.25) is 0 Å². The van der Waals surface area contributed by atoms with Crippen LogP contribution in [-0.2, 0) is 10.0 Å². The van der Waals surface area contributed by atoms with Crippen LogP contribution in [0.3, 0.4) is 0 Å². The molecular weight excluding hydrogens is 288 g/mol. The van der Waals surface area contributed by atoms with Gasteiger partial charge in [-0.3, -0.25) is 9.52 Å². The van der Waals surface area contributed by atoms with Crippen LogP contribution in [0.5, 0.6) is 0 Å². The normalized spacial score (nSPS) is 12.0. The van der Waals surface area contributed by atoms with E-state index >= 15 is 0 Å². The largest absolute Gasteiger partial charge is 0.347 e. The second-order valence-electron chi connectivity index (χ2n) is 6.02. The maximum Gasteiger partial charge on any atom is 0.253 e. The lowest BCUT2D eigenvalue weighted by atomic mass is 10.1. The molecule has 0 saturated carbocycles. The number of carbonyl (C=O) groups excluding carboxylic acids is 1. The summed E-state index contributed by atoms with van der Waals surface area (Å²) in [6.45, 7) is 7.55. The van der Waals surface area contributed by atoms with Gasteiger partial charge < -0.3 is 5.32 Å². The van der Waals surface area contributed by atoms with Gasteiger partial charge >= 0.3 is 0 Å². The fraction of sp³-hybridized carbons (Fsp3) is 0.533. The predicted molar refractivity (Wildman–Crippen MR) is 86.0 cm³/mol. The Kier molecular flexibility index (Phi) is 5.78. The van der Waals surface area contributed by atoms with Gasteiger partial charge in [0, 0.05) is 5.54 Å². The molecule has 5 nitrogen and oxygen atoms in total. The van der Waals surface area contributed by atoms with Crippen molar-refractivity contribution in [1.29, 1.82) is 0 Å². The Morgan fingerprint density at radius 1 is 1.19 bits per heavy atom. The molecule has 0 aliphatic carbocycles. The average Bonchev–Trinajstić information content (AvgIpc) is 2.34. The van der Waals surface area contributed by atoms with Crippen molar-refractivity contribution in [2.24, 2.45) is 0 Å². The molecule has 1 amide bonds. The van der Waals surface area contributed by atoms with Crippen molar-refractivity contribution >= 4 is 21.6 Å². The number of hydrogen-bond acceptors (Lipinski definition) is 3. The van der Waals surface area contributed by atoms with Gasteiger partial charge in [0.15, 0.2) is 0 Å². The van der Waals surface area contributed by atoms with E-state index in [1.54, 1.807) is 24.3 Å². The number of hydrogen-bond donors (Lipinski definition) is 2. The van der Waals surface area contributed by atoms with Gasteiger partial charge in [0.1, 0.15) is 0 Å². The Morgan fingerprint density at radius 2 is 1.81 bits per heavy atom. The van der Waals surface area contributed by atoms with Crippen molar-refractivity contribution in [3.05, 3.63) is 29.8 Å². The Bertz CT molecular complexity index is 589. The lowest BCUT2D eigenvalue weighted by Gasteiger charge is -2.21. The fourth-order valence-corrected chi connectivity index (χ4v) is 3.01. The van der Waals surface area contributed by atoms with Gasteiger partial charge in [-0.25, -0.2) is 8.42 Å². The number of anilines is 1. The van der Waals surface area contributed by atoms with E-state index in [-0.39, 0.29) is 17.2 Å². The van der Waals surface area contributed by atoms with Gasteiger partial charge in [-0.1, -0.05) is 25.5 Å². The summed E-state index contributed by atoms with van der Waals surface area (Å²) in [5.41, 5.74) is 0.258. The van der Waals surface area contributed by atoms with Gasteiger partial charge in [-0.15, -0.1) is 0 Å². The lowest BCUT2D eigenvalue weighted by Crippen LogP contribution is -2.40. The molecule has 1 aromatic rings. The average molecular weight is 312 g/mol.